The van der Waals surface area contributed by atoms with Crippen molar-refractivity contribution in [2.75, 3.05) is 0 Å². The van der Waals surface area contributed by atoms with Gasteiger partial charge < -0.3 is 4.42 Å². The predicted octanol–water partition coefficient (Wildman–Crippen LogP) is 5.42. The molecule has 0 atom stereocenters. The summed E-state index contributed by atoms with van der Waals surface area (Å²) in [6.07, 6.45) is 2.25. The fourth-order valence-electron chi connectivity index (χ4n) is 3.08. The van der Waals surface area contributed by atoms with E-state index in [4.69, 9.17) is 39.2 Å². The number of halogens is 3. The van der Waals surface area contributed by atoms with E-state index < -0.39 is 5.76 Å². The van der Waals surface area contributed by atoms with Crippen LogP contribution in [0.1, 0.15) is 21.6 Å². The summed E-state index contributed by atoms with van der Waals surface area (Å²) in [5, 5.41) is 0.876. The van der Waals surface area contributed by atoms with E-state index in [1.807, 2.05) is 18.2 Å². The highest BCUT2D eigenvalue weighted by Gasteiger charge is 2.19. The van der Waals surface area contributed by atoms with E-state index >= 15 is 0 Å². The molecule has 4 rings (SSSR count). The summed E-state index contributed by atoms with van der Waals surface area (Å²) < 4.78 is 6.81. The van der Waals surface area contributed by atoms with Gasteiger partial charge in [0.1, 0.15) is 0 Å². The van der Waals surface area contributed by atoms with E-state index in [-0.39, 0.29) is 22.0 Å². The molecular weight excluding hydrogens is 435 g/mol. The minimum atomic E-state index is -0.526. The van der Waals surface area contributed by atoms with Crippen molar-refractivity contribution >= 4 is 51.7 Å². The minimum Gasteiger partial charge on any atom is -0.408 e. The molecule has 0 spiro atoms. The molecule has 0 aliphatic rings. The fourth-order valence-corrected chi connectivity index (χ4v) is 3.85. The number of oxazole rings is 1. The molecule has 5 nitrogen and oxygen atoms in total. The maximum atomic E-state index is 12.9. The van der Waals surface area contributed by atoms with Crippen LogP contribution in [0.2, 0.25) is 15.1 Å². The Kier molecular flexibility index (Phi) is 5.46. The molecule has 4 aromatic rings. The summed E-state index contributed by atoms with van der Waals surface area (Å²) in [5.74, 6) is -0.896. The highest BCUT2D eigenvalue weighted by atomic mass is 35.5. The standard InChI is InChI=1S/C21H13Cl3N2O3/c22-13-7-12(8-14(23)9-13)20(27)16-10-19-18(11-17(16)24)26(21(28)29-19)6-4-15-3-1-2-5-25-15/h1-3,5,7-11H,4,6H2. The Bertz CT molecular complexity index is 1260. The highest BCUT2D eigenvalue weighted by molar-refractivity contribution is 6.37. The quantitative estimate of drug-likeness (QED) is 0.383. The molecule has 0 bridgehead atoms. The van der Waals surface area contributed by atoms with Crippen molar-refractivity contribution < 1.29 is 9.21 Å². The van der Waals surface area contributed by atoms with Crippen LogP contribution in [0.3, 0.4) is 0 Å². The van der Waals surface area contributed by atoms with Crippen molar-refractivity contribution in [2.24, 2.45) is 0 Å². The lowest BCUT2D eigenvalue weighted by Gasteiger charge is -2.07. The molecule has 0 saturated carbocycles. The Labute approximate surface area is 180 Å². The first-order chi connectivity index (χ1) is 13.9. The molecular formula is C21H13Cl3N2O3. The minimum absolute atomic E-state index is 0.197. The average Bonchev–Trinajstić information content (AvgIpc) is 2.99. The van der Waals surface area contributed by atoms with Crippen molar-refractivity contribution in [3.63, 3.8) is 0 Å². The van der Waals surface area contributed by atoms with E-state index in [9.17, 15) is 9.59 Å². The van der Waals surface area contributed by atoms with Gasteiger partial charge in [-0.25, -0.2) is 4.79 Å². The summed E-state index contributed by atoms with van der Waals surface area (Å²) in [7, 11) is 0. The number of ketones is 1. The van der Waals surface area contributed by atoms with Crippen LogP contribution < -0.4 is 5.76 Å². The third-order valence-corrected chi connectivity index (χ3v) is 5.19. The first kappa shape index (κ1) is 19.7. The molecule has 0 aliphatic carbocycles. The lowest BCUT2D eigenvalue weighted by atomic mass is 10.0. The molecule has 0 saturated heterocycles. The van der Waals surface area contributed by atoms with Crippen molar-refractivity contribution in [3.8, 4) is 0 Å². The van der Waals surface area contributed by atoms with Gasteiger partial charge in [-0.2, -0.15) is 0 Å². The zero-order valence-corrected chi connectivity index (χ0v) is 17.1. The fraction of sp³-hybridized carbons (Fsp3) is 0.0952. The third-order valence-electron chi connectivity index (χ3n) is 4.44. The van der Waals surface area contributed by atoms with Gasteiger partial charge in [0.15, 0.2) is 11.4 Å². The zero-order chi connectivity index (χ0) is 20.5. The Morgan fingerprint density at radius 2 is 1.79 bits per heavy atom. The van der Waals surface area contributed by atoms with Crippen molar-refractivity contribution in [1.82, 2.24) is 9.55 Å². The normalized spacial score (nSPS) is 11.1. The van der Waals surface area contributed by atoms with Gasteiger partial charge in [0.2, 0.25) is 0 Å². The highest BCUT2D eigenvalue weighted by Crippen LogP contribution is 2.28. The monoisotopic (exact) mass is 446 g/mol. The second-order valence-corrected chi connectivity index (χ2v) is 7.66. The number of benzene rings is 2. The SMILES string of the molecule is O=C(c1cc(Cl)cc(Cl)c1)c1cc2oc(=O)n(CCc3ccccn3)c2cc1Cl. The maximum absolute atomic E-state index is 12.9. The first-order valence-corrected chi connectivity index (χ1v) is 9.79. The number of hydrogen-bond donors (Lipinski definition) is 0. The molecule has 0 unspecified atom stereocenters. The number of pyridine rings is 1. The second kappa shape index (κ2) is 8.03. The van der Waals surface area contributed by atoms with Crippen LogP contribution in [0, 0.1) is 0 Å². The summed E-state index contributed by atoms with van der Waals surface area (Å²) in [4.78, 5) is 29.5. The van der Waals surface area contributed by atoms with Crippen LogP contribution in [0.25, 0.3) is 11.1 Å². The average molecular weight is 448 g/mol. The number of fused-ring (bicyclic) bond motifs is 1. The molecule has 0 amide bonds. The molecule has 0 aliphatic heterocycles. The number of aryl methyl sites for hydroxylation is 2. The number of rotatable bonds is 5. The molecule has 8 heteroatoms. The summed E-state index contributed by atoms with van der Waals surface area (Å²) >= 11 is 18.3. The lowest BCUT2D eigenvalue weighted by Crippen LogP contribution is -2.15. The van der Waals surface area contributed by atoms with Crippen molar-refractivity contribution in [1.29, 1.82) is 0 Å². The van der Waals surface area contributed by atoms with Crippen LogP contribution in [0.4, 0.5) is 0 Å². The van der Waals surface area contributed by atoms with E-state index in [1.165, 1.54) is 28.8 Å². The number of carbonyl (C=O) groups excluding carboxylic acids is 1. The van der Waals surface area contributed by atoms with E-state index in [0.29, 0.717) is 34.1 Å². The molecule has 2 aromatic carbocycles. The van der Waals surface area contributed by atoms with Gasteiger partial charge in [-0.1, -0.05) is 40.9 Å². The van der Waals surface area contributed by atoms with Crippen molar-refractivity contribution in [2.45, 2.75) is 13.0 Å². The smallest absolute Gasteiger partial charge is 0.408 e. The lowest BCUT2D eigenvalue weighted by molar-refractivity contribution is 0.103. The molecule has 0 fully saturated rings. The number of carbonyl (C=O) groups is 1. The summed E-state index contributed by atoms with van der Waals surface area (Å²) in [5.41, 5.74) is 2.13. The van der Waals surface area contributed by atoms with Gasteiger partial charge in [-0.3, -0.25) is 14.3 Å². The molecule has 2 aromatic heterocycles. The number of hydrogen-bond acceptors (Lipinski definition) is 4. The van der Waals surface area contributed by atoms with Gasteiger partial charge in [0.25, 0.3) is 0 Å². The number of nitrogens with zero attached hydrogens (tertiary/aromatic N) is 2. The molecule has 0 radical (unpaired) electrons. The van der Waals surface area contributed by atoms with Crippen LogP contribution in [0.5, 0.6) is 0 Å². The van der Waals surface area contributed by atoms with Gasteiger partial charge in [0, 0.05) is 46.0 Å². The van der Waals surface area contributed by atoms with Gasteiger partial charge >= 0.3 is 5.76 Å². The molecule has 2 heterocycles. The molecule has 29 heavy (non-hydrogen) atoms. The first-order valence-electron chi connectivity index (χ1n) is 8.66. The van der Waals surface area contributed by atoms with E-state index in [2.05, 4.69) is 4.98 Å². The molecule has 146 valence electrons. The van der Waals surface area contributed by atoms with Crippen LogP contribution in [-0.2, 0) is 13.0 Å². The predicted molar refractivity (Wildman–Crippen MR) is 113 cm³/mol. The van der Waals surface area contributed by atoms with Crippen LogP contribution in [-0.4, -0.2) is 15.3 Å². The van der Waals surface area contributed by atoms with Crippen LogP contribution in [0.15, 0.2) is 63.9 Å². The third kappa shape index (κ3) is 4.08. The summed E-state index contributed by atoms with van der Waals surface area (Å²) in [6, 6.07) is 13.2. The Balaban J connectivity index is 1.71. The maximum Gasteiger partial charge on any atom is 0.419 e. The number of aromatic nitrogens is 2. The Morgan fingerprint density at radius 1 is 1.03 bits per heavy atom. The van der Waals surface area contributed by atoms with E-state index in [1.54, 1.807) is 12.3 Å². The molecule has 0 N–H and O–H groups in total. The van der Waals surface area contributed by atoms with Crippen molar-refractivity contribution in [3.05, 3.63) is 97.2 Å². The van der Waals surface area contributed by atoms with Crippen LogP contribution >= 0.6 is 34.8 Å². The van der Waals surface area contributed by atoms with Gasteiger partial charge in [0.05, 0.1) is 10.5 Å². The summed E-state index contributed by atoms with van der Waals surface area (Å²) in [6.45, 7) is 0.371. The topological polar surface area (TPSA) is 65.1 Å². The van der Waals surface area contributed by atoms with E-state index in [0.717, 1.165) is 5.69 Å². The zero-order valence-electron chi connectivity index (χ0n) is 14.9. The largest absolute Gasteiger partial charge is 0.419 e. The Hall–Kier alpha value is -2.60. The van der Waals surface area contributed by atoms with Gasteiger partial charge in [-0.15, -0.1) is 0 Å². The Morgan fingerprint density at radius 3 is 2.48 bits per heavy atom. The van der Waals surface area contributed by atoms with Gasteiger partial charge in [-0.05, 0) is 42.5 Å². The second-order valence-electron chi connectivity index (χ2n) is 6.38.